The number of furan rings is 1. The first kappa shape index (κ1) is 26.4. The molecule has 0 atom stereocenters. The van der Waals surface area contributed by atoms with Gasteiger partial charge in [0.1, 0.15) is 11.2 Å². The highest BCUT2D eigenvalue weighted by atomic mass is 16.3. The second kappa shape index (κ2) is 9.57. The van der Waals surface area contributed by atoms with Crippen LogP contribution in [0.25, 0.3) is 65.4 Å². The van der Waals surface area contributed by atoms with Crippen LogP contribution in [0.2, 0.25) is 0 Å². The highest BCUT2D eigenvalue weighted by Gasteiger charge is 2.38. The highest BCUT2D eigenvalue weighted by Crippen LogP contribution is 2.55. The van der Waals surface area contributed by atoms with Crippen molar-refractivity contribution in [2.75, 3.05) is 4.90 Å². The van der Waals surface area contributed by atoms with Crippen molar-refractivity contribution in [1.82, 2.24) is 0 Å². The number of hydrogen-bond donors (Lipinski definition) is 0. The normalized spacial score (nSPS) is 13.5. The molecule has 1 aliphatic carbocycles. The number of nitrogens with zero attached hydrogens (tertiary/aromatic N) is 1. The van der Waals surface area contributed by atoms with Crippen molar-refractivity contribution < 1.29 is 4.42 Å². The third-order valence-corrected chi connectivity index (χ3v) is 10.4. The molecule has 0 saturated heterocycles. The fraction of sp³-hybridized carbons (Fsp3) is 0.0667. The zero-order chi connectivity index (χ0) is 31.3. The third-order valence-electron chi connectivity index (χ3n) is 10.4. The van der Waals surface area contributed by atoms with Gasteiger partial charge in [0.2, 0.25) is 0 Å². The second-order valence-electron chi connectivity index (χ2n) is 13.3. The van der Waals surface area contributed by atoms with E-state index < -0.39 is 0 Å². The first-order valence-electron chi connectivity index (χ1n) is 16.4. The van der Waals surface area contributed by atoms with Crippen LogP contribution in [0.4, 0.5) is 17.1 Å². The van der Waals surface area contributed by atoms with E-state index in [-0.39, 0.29) is 5.41 Å². The van der Waals surface area contributed by atoms with Gasteiger partial charge in [-0.1, -0.05) is 129 Å². The Morgan fingerprint density at radius 3 is 2.02 bits per heavy atom. The minimum atomic E-state index is -0.111. The number of benzene rings is 8. The van der Waals surface area contributed by atoms with Gasteiger partial charge in [-0.15, -0.1) is 0 Å². The number of hydrogen-bond acceptors (Lipinski definition) is 2. The molecule has 0 radical (unpaired) electrons. The molecular weight excluding hydrogens is 571 g/mol. The van der Waals surface area contributed by atoms with Gasteiger partial charge in [0.25, 0.3) is 0 Å². The molecule has 0 spiro atoms. The van der Waals surface area contributed by atoms with E-state index in [1.165, 1.54) is 60.3 Å². The van der Waals surface area contributed by atoms with E-state index in [4.69, 9.17) is 4.42 Å². The van der Waals surface area contributed by atoms with Crippen LogP contribution in [-0.2, 0) is 5.41 Å². The van der Waals surface area contributed by atoms with Gasteiger partial charge in [-0.25, -0.2) is 0 Å². The van der Waals surface area contributed by atoms with Gasteiger partial charge < -0.3 is 9.32 Å². The Morgan fingerprint density at radius 2 is 1.13 bits per heavy atom. The van der Waals surface area contributed by atoms with Crippen LogP contribution < -0.4 is 4.90 Å². The van der Waals surface area contributed by atoms with Gasteiger partial charge in [0, 0.05) is 32.8 Å². The Hall–Kier alpha value is -5.86. The fourth-order valence-electron chi connectivity index (χ4n) is 8.21. The van der Waals surface area contributed by atoms with Gasteiger partial charge in [0.15, 0.2) is 0 Å². The van der Waals surface area contributed by atoms with Crippen molar-refractivity contribution in [3.63, 3.8) is 0 Å². The summed E-state index contributed by atoms with van der Waals surface area (Å²) in [5, 5.41) is 9.74. The van der Waals surface area contributed by atoms with Gasteiger partial charge in [-0.2, -0.15) is 0 Å². The average Bonchev–Trinajstić information content (AvgIpc) is 3.60. The van der Waals surface area contributed by atoms with Gasteiger partial charge in [-0.05, 0) is 80.0 Å². The van der Waals surface area contributed by atoms with Gasteiger partial charge in [-0.3, -0.25) is 0 Å². The molecule has 222 valence electrons. The fourth-order valence-corrected chi connectivity index (χ4v) is 8.21. The second-order valence-corrected chi connectivity index (χ2v) is 13.3. The van der Waals surface area contributed by atoms with E-state index in [2.05, 4.69) is 164 Å². The maximum atomic E-state index is 6.30. The van der Waals surface area contributed by atoms with Crippen molar-refractivity contribution in [3.8, 4) is 11.1 Å². The third kappa shape index (κ3) is 3.67. The van der Waals surface area contributed by atoms with Crippen LogP contribution in [0, 0.1) is 0 Å². The molecule has 0 aliphatic heterocycles. The Bertz CT molecular complexity index is 2730. The molecule has 0 saturated carbocycles. The van der Waals surface area contributed by atoms with Crippen molar-refractivity contribution in [3.05, 3.63) is 163 Å². The SMILES string of the molecule is CC1(C)c2ccccc2-c2c(N(c3ccc4oc5ccccc5c4c3)c3cc4c5ccccc5ccc4c4ccccc34)cccc21. The van der Waals surface area contributed by atoms with Crippen LogP contribution in [0.3, 0.4) is 0 Å². The van der Waals surface area contributed by atoms with Gasteiger partial charge >= 0.3 is 0 Å². The smallest absolute Gasteiger partial charge is 0.135 e. The summed E-state index contributed by atoms with van der Waals surface area (Å²) in [5.41, 5.74) is 10.5. The quantitative estimate of drug-likeness (QED) is 0.187. The van der Waals surface area contributed by atoms with E-state index >= 15 is 0 Å². The van der Waals surface area contributed by atoms with Gasteiger partial charge in [0.05, 0.1) is 11.4 Å². The summed E-state index contributed by atoms with van der Waals surface area (Å²) < 4.78 is 6.30. The molecule has 2 nitrogen and oxygen atoms in total. The number of rotatable bonds is 3. The van der Waals surface area contributed by atoms with E-state index in [1.54, 1.807) is 0 Å². The first-order chi connectivity index (χ1) is 23.1. The first-order valence-corrected chi connectivity index (χ1v) is 16.4. The molecule has 9 aromatic rings. The van der Waals surface area contributed by atoms with E-state index in [0.717, 1.165) is 33.3 Å². The lowest BCUT2D eigenvalue weighted by atomic mass is 9.82. The predicted octanol–water partition coefficient (Wildman–Crippen LogP) is 12.8. The summed E-state index contributed by atoms with van der Waals surface area (Å²) in [5.74, 6) is 0. The lowest BCUT2D eigenvalue weighted by molar-refractivity contribution is 0.660. The standard InChI is InChI=1S/C45H31NO/c1-45(2)38-18-9-7-17-35(38)44-39(45)19-11-20-40(44)46(29-23-25-43-37(26-29)34-16-8-10-21-42(34)47-43)41-27-36-30-13-4-3-12-28(30)22-24-32(36)31-14-5-6-15-33(31)41/h3-27H,1-2H3. The number of anilines is 3. The molecule has 2 heteroatoms. The van der Waals surface area contributed by atoms with E-state index in [0.29, 0.717) is 0 Å². The lowest BCUT2D eigenvalue weighted by Gasteiger charge is -2.30. The van der Waals surface area contributed by atoms with Crippen molar-refractivity contribution in [2.45, 2.75) is 19.3 Å². The zero-order valence-corrected chi connectivity index (χ0v) is 26.3. The maximum Gasteiger partial charge on any atom is 0.135 e. The molecule has 47 heavy (non-hydrogen) atoms. The summed E-state index contributed by atoms with van der Waals surface area (Å²) in [6.07, 6.45) is 0. The zero-order valence-electron chi connectivity index (χ0n) is 26.3. The Morgan fingerprint density at radius 1 is 0.447 bits per heavy atom. The summed E-state index contributed by atoms with van der Waals surface area (Å²) >= 11 is 0. The van der Waals surface area contributed by atoms with E-state index in [9.17, 15) is 0 Å². The largest absolute Gasteiger partial charge is 0.456 e. The summed E-state index contributed by atoms with van der Waals surface area (Å²) in [4.78, 5) is 2.50. The number of para-hydroxylation sites is 1. The van der Waals surface area contributed by atoms with Crippen molar-refractivity contribution in [1.29, 1.82) is 0 Å². The molecule has 1 aliphatic rings. The minimum absolute atomic E-state index is 0.111. The molecular formula is C45H31NO. The Balaban J connectivity index is 1.36. The lowest BCUT2D eigenvalue weighted by Crippen LogP contribution is -2.16. The van der Waals surface area contributed by atoms with E-state index in [1.807, 2.05) is 6.07 Å². The summed E-state index contributed by atoms with van der Waals surface area (Å²) in [7, 11) is 0. The molecule has 10 rings (SSSR count). The molecule has 1 heterocycles. The molecule has 0 unspecified atom stereocenters. The predicted molar refractivity (Wildman–Crippen MR) is 198 cm³/mol. The topological polar surface area (TPSA) is 16.4 Å². The van der Waals surface area contributed by atoms with Crippen molar-refractivity contribution in [2.24, 2.45) is 0 Å². The molecule has 0 N–H and O–H groups in total. The monoisotopic (exact) mass is 601 g/mol. The Labute approximate surface area is 273 Å². The summed E-state index contributed by atoms with van der Waals surface area (Å²) in [6.45, 7) is 4.71. The van der Waals surface area contributed by atoms with Crippen LogP contribution in [0.15, 0.2) is 156 Å². The van der Waals surface area contributed by atoms with Crippen LogP contribution >= 0.6 is 0 Å². The minimum Gasteiger partial charge on any atom is -0.456 e. The molecule has 1 aromatic heterocycles. The van der Waals surface area contributed by atoms with Crippen LogP contribution in [0.1, 0.15) is 25.0 Å². The Kier molecular flexibility index (Phi) is 5.37. The molecule has 8 aromatic carbocycles. The molecule has 0 bridgehead atoms. The average molecular weight is 602 g/mol. The maximum absolute atomic E-state index is 6.30. The van der Waals surface area contributed by atoms with Crippen LogP contribution in [0.5, 0.6) is 0 Å². The molecule has 0 amide bonds. The number of fused-ring (bicyclic) bond motifs is 11. The van der Waals surface area contributed by atoms with Crippen LogP contribution in [-0.4, -0.2) is 0 Å². The summed E-state index contributed by atoms with van der Waals surface area (Å²) in [6, 6.07) is 55.4. The van der Waals surface area contributed by atoms with Crippen molar-refractivity contribution >= 4 is 71.3 Å². The molecule has 0 fully saturated rings. The highest BCUT2D eigenvalue weighted by molar-refractivity contribution is 6.22.